The average molecular weight is 250 g/mol. The predicted molar refractivity (Wildman–Crippen MR) is 66.1 cm³/mol. The fourth-order valence-corrected chi connectivity index (χ4v) is 1.76. The van der Waals surface area contributed by atoms with Crippen LogP contribution in [0.1, 0.15) is 12.0 Å². The van der Waals surface area contributed by atoms with Crippen molar-refractivity contribution in [3.8, 4) is 11.8 Å². The Balaban J connectivity index is 2.09. The molecule has 0 atom stereocenters. The van der Waals surface area contributed by atoms with Crippen LogP contribution in [-0.4, -0.2) is 24.5 Å². The lowest BCUT2D eigenvalue weighted by Gasteiger charge is -2.24. The van der Waals surface area contributed by atoms with Gasteiger partial charge in [0.25, 0.3) is 6.02 Å². The van der Waals surface area contributed by atoms with Gasteiger partial charge < -0.3 is 9.64 Å². The zero-order valence-corrected chi connectivity index (χ0v) is 10.2. The number of nitrogens with zero attached hydrogens (tertiary/aromatic N) is 3. The fraction of sp³-hybridized carbons (Fsp3) is 0.333. The van der Waals surface area contributed by atoms with E-state index < -0.39 is 0 Å². The molecular formula is C12H12ClN3O. The van der Waals surface area contributed by atoms with Crippen LogP contribution in [0.25, 0.3) is 0 Å². The first-order valence-corrected chi connectivity index (χ1v) is 5.67. The molecule has 0 amide bonds. The summed E-state index contributed by atoms with van der Waals surface area (Å²) in [5.74, 6) is 0.781. The third-order valence-corrected chi connectivity index (χ3v) is 2.73. The molecule has 0 aliphatic carbocycles. The third kappa shape index (κ3) is 2.69. The minimum Gasteiger partial charge on any atom is -0.426 e. The molecule has 1 aromatic carbocycles. The second-order valence-electron chi connectivity index (χ2n) is 3.78. The minimum atomic E-state index is 0.451. The van der Waals surface area contributed by atoms with Crippen molar-refractivity contribution in [2.75, 3.05) is 13.6 Å². The van der Waals surface area contributed by atoms with Crippen LogP contribution in [0.3, 0.4) is 0 Å². The average Bonchev–Trinajstić information content (AvgIpc) is 2.35. The standard InChI is InChI=1S/C12H12ClN3O/c1-16(6-2-5-14)12-15-8-9-7-10(13)3-4-11(9)17-12/h3-4,7H,2,6,8H2,1H3. The first-order valence-electron chi connectivity index (χ1n) is 5.29. The zero-order chi connectivity index (χ0) is 12.3. The van der Waals surface area contributed by atoms with Crippen molar-refractivity contribution < 1.29 is 4.74 Å². The largest absolute Gasteiger partial charge is 0.426 e. The Labute approximate surface area is 105 Å². The van der Waals surface area contributed by atoms with E-state index in [1.54, 1.807) is 6.07 Å². The Morgan fingerprint density at radius 1 is 1.59 bits per heavy atom. The van der Waals surface area contributed by atoms with E-state index in [0.717, 1.165) is 11.3 Å². The Hall–Kier alpha value is -1.73. The second-order valence-corrected chi connectivity index (χ2v) is 4.22. The molecule has 0 unspecified atom stereocenters. The lowest BCUT2D eigenvalue weighted by molar-refractivity contribution is 0.378. The van der Waals surface area contributed by atoms with E-state index in [1.807, 2.05) is 24.1 Å². The fourth-order valence-electron chi connectivity index (χ4n) is 1.57. The second kappa shape index (κ2) is 5.07. The first kappa shape index (κ1) is 11.7. The summed E-state index contributed by atoms with van der Waals surface area (Å²) in [5, 5.41) is 9.21. The summed E-state index contributed by atoms with van der Waals surface area (Å²) in [4.78, 5) is 6.15. The first-order chi connectivity index (χ1) is 8.20. The molecule has 17 heavy (non-hydrogen) atoms. The lowest BCUT2D eigenvalue weighted by atomic mass is 10.2. The molecule has 0 saturated carbocycles. The molecule has 88 valence electrons. The molecule has 0 radical (unpaired) electrons. The van der Waals surface area contributed by atoms with Crippen LogP contribution in [-0.2, 0) is 6.54 Å². The molecule has 1 aromatic rings. The number of ether oxygens (including phenoxy) is 1. The van der Waals surface area contributed by atoms with E-state index in [9.17, 15) is 0 Å². The summed E-state index contributed by atoms with van der Waals surface area (Å²) in [6, 6.07) is 8.13. The summed E-state index contributed by atoms with van der Waals surface area (Å²) in [6.45, 7) is 1.17. The van der Waals surface area contributed by atoms with E-state index in [2.05, 4.69) is 11.1 Å². The van der Waals surface area contributed by atoms with Gasteiger partial charge in [-0.05, 0) is 18.2 Å². The van der Waals surface area contributed by atoms with Crippen molar-refractivity contribution >= 4 is 17.6 Å². The van der Waals surface area contributed by atoms with E-state index >= 15 is 0 Å². The molecule has 1 aliphatic rings. The third-order valence-electron chi connectivity index (χ3n) is 2.49. The summed E-state index contributed by atoms with van der Waals surface area (Å²) in [7, 11) is 1.86. The number of amidine groups is 1. The van der Waals surface area contributed by atoms with E-state index in [-0.39, 0.29) is 0 Å². The highest BCUT2D eigenvalue weighted by Gasteiger charge is 2.17. The zero-order valence-electron chi connectivity index (χ0n) is 9.48. The molecule has 0 fully saturated rings. The number of aliphatic imine (C=N–C) groups is 1. The number of hydrogen-bond acceptors (Lipinski definition) is 4. The Morgan fingerprint density at radius 2 is 2.41 bits per heavy atom. The van der Waals surface area contributed by atoms with Gasteiger partial charge in [-0.1, -0.05) is 11.6 Å². The molecule has 0 spiro atoms. The van der Waals surface area contributed by atoms with Crippen molar-refractivity contribution in [2.24, 2.45) is 4.99 Å². The van der Waals surface area contributed by atoms with Gasteiger partial charge in [0, 0.05) is 24.2 Å². The van der Waals surface area contributed by atoms with Crippen molar-refractivity contribution in [1.82, 2.24) is 4.90 Å². The van der Waals surface area contributed by atoms with Crippen LogP contribution in [0.2, 0.25) is 5.02 Å². The molecule has 0 N–H and O–H groups in total. The molecule has 2 rings (SSSR count). The van der Waals surface area contributed by atoms with Crippen molar-refractivity contribution in [3.63, 3.8) is 0 Å². The van der Waals surface area contributed by atoms with Gasteiger partial charge in [0.05, 0.1) is 19.0 Å². The normalized spacial score (nSPS) is 13.1. The van der Waals surface area contributed by atoms with Crippen LogP contribution < -0.4 is 4.74 Å². The number of halogens is 1. The van der Waals surface area contributed by atoms with Crippen LogP contribution in [0, 0.1) is 11.3 Å². The van der Waals surface area contributed by atoms with E-state index in [4.69, 9.17) is 21.6 Å². The maximum absolute atomic E-state index is 8.53. The molecule has 0 saturated heterocycles. The van der Waals surface area contributed by atoms with Gasteiger partial charge in [0.2, 0.25) is 0 Å². The highest BCUT2D eigenvalue weighted by molar-refractivity contribution is 6.30. The Bertz CT molecular complexity index is 493. The summed E-state index contributed by atoms with van der Waals surface area (Å²) in [6.07, 6.45) is 0.451. The molecular weight excluding hydrogens is 238 g/mol. The smallest absolute Gasteiger partial charge is 0.292 e. The molecule has 1 aliphatic heterocycles. The number of hydrogen-bond donors (Lipinski definition) is 0. The number of fused-ring (bicyclic) bond motifs is 1. The Morgan fingerprint density at radius 3 is 3.18 bits per heavy atom. The summed E-state index contributed by atoms with van der Waals surface area (Å²) >= 11 is 5.89. The van der Waals surface area contributed by atoms with Crippen LogP contribution in [0.15, 0.2) is 23.2 Å². The summed E-state index contributed by atoms with van der Waals surface area (Å²) < 4.78 is 5.65. The molecule has 0 bridgehead atoms. The monoisotopic (exact) mass is 249 g/mol. The van der Waals surface area contributed by atoms with Gasteiger partial charge >= 0.3 is 0 Å². The molecule has 0 aromatic heterocycles. The van der Waals surface area contributed by atoms with Gasteiger partial charge in [0.1, 0.15) is 5.75 Å². The van der Waals surface area contributed by atoms with Crippen molar-refractivity contribution in [1.29, 1.82) is 5.26 Å². The maximum Gasteiger partial charge on any atom is 0.292 e. The van der Waals surface area contributed by atoms with Gasteiger partial charge in [-0.2, -0.15) is 5.26 Å². The maximum atomic E-state index is 8.53. The van der Waals surface area contributed by atoms with Gasteiger partial charge in [-0.15, -0.1) is 0 Å². The highest BCUT2D eigenvalue weighted by Crippen LogP contribution is 2.26. The van der Waals surface area contributed by atoms with Crippen LogP contribution >= 0.6 is 11.6 Å². The molecule has 1 heterocycles. The van der Waals surface area contributed by atoms with Crippen LogP contribution in [0.4, 0.5) is 0 Å². The highest BCUT2D eigenvalue weighted by atomic mass is 35.5. The number of nitriles is 1. The van der Waals surface area contributed by atoms with E-state index in [1.165, 1.54) is 0 Å². The quantitative estimate of drug-likeness (QED) is 0.809. The minimum absolute atomic E-state index is 0.451. The molecule has 5 heteroatoms. The van der Waals surface area contributed by atoms with Gasteiger partial charge in [0.15, 0.2) is 0 Å². The number of rotatable bonds is 2. The predicted octanol–water partition coefficient (Wildman–Crippen LogP) is 2.43. The Kier molecular flexibility index (Phi) is 3.50. The van der Waals surface area contributed by atoms with E-state index in [0.29, 0.717) is 30.6 Å². The molecule has 4 nitrogen and oxygen atoms in total. The van der Waals surface area contributed by atoms with Crippen LogP contribution in [0.5, 0.6) is 5.75 Å². The van der Waals surface area contributed by atoms with Crippen molar-refractivity contribution in [2.45, 2.75) is 13.0 Å². The van der Waals surface area contributed by atoms with Gasteiger partial charge in [-0.3, -0.25) is 0 Å². The SMILES string of the molecule is CN(CCC#N)C1=NCc2cc(Cl)ccc2O1. The summed E-state index contributed by atoms with van der Waals surface area (Å²) in [5.41, 5.74) is 0.981. The number of benzene rings is 1. The topological polar surface area (TPSA) is 48.6 Å². The lowest BCUT2D eigenvalue weighted by Crippen LogP contribution is -2.34. The van der Waals surface area contributed by atoms with Gasteiger partial charge in [-0.25, -0.2) is 4.99 Å². The van der Waals surface area contributed by atoms with Crippen molar-refractivity contribution in [3.05, 3.63) is 28.8 Å².